The summed E-state index contributed by atoms with van der Waals surface area (Å²) >= 11 is 0. The largest absolute Gasteiger partial charge is 0.325 e. The van der Waals surface area contributed by atoms with Crippen LogP contribution in [0.1, 0.15) is 33.6 Å². The number of likely N-dealkylation sites (tertiary alicyclic amines) is 1. The Labute approximate surface area is 86.2 Å². The van der Waals surface area contributed by atoms with Gasteiger partial charge in [-0.25, -0.2) is 4.79 Å². The minimum atomic E-state index is 0.0399. The molecule has 0 radical (unpaired) electrons. The molecule has 0 spiro atoms. The third-order valence-corrected chi connectivity index (χ3v) is 2.56. The molecule has 3 nitrogen and oxygen atoms in total. The molecular formula is C11H20N2O. The Morgan fingerprint density at radius 1 is 1.36 bits per heavy atom. The molecule has 1 rings (SSSR count). The van der Waals surface area contributed by atoms with Crippen molar-refractivity contribution in [1.82, 2.24) is 10.2 Å². The third kappa shape index (κ3) is 3.40. The number of allylic oxidation sites excluding steroid dienone is 1. The first-order valence-electron chi connectivity index (χ1n) is 5.28. The third-order valence-electron chi connectivity index (χ3n) is 2.56. The molecule has 0 bridgehead atoms. The second-order valence-corrected chi connectivity index (χ2v) is 4.34. The van der Waals surface area contributed by atoms with E-state index < -0.39 is 0 Å². The first kappa shape index (κ1) is 11.1. The maximum Gasteiger partial charge on any atom is 0.321 e. The molecule has 1 fully saturated rings. The van der Waals surface area contributed by atoms with Gasteiger partial charge in [-0.05, 0) is 32.6 Å². The summed E-state index contributed by atoms with van der Waals surface area (Å²) in [6, 6.07) is 0.0399. The van der Waals surface area contributed by atoms with Crippen LogP contribution < -0.4 is 5.32 Å². The molecule has 14 heavy (non-hydrogen) atoms. The van der Waals surface area contributed by atoms with Crippen molar-refractivity contribution in [3.05, 3.63) is 11.8 Å². The number of nitrogens with zero attached hydrogens (tertiary/aromatic N) is 1. The molecule has 3 heteroatoms. The Morgan fingerprint density at radius 2 is 1.93 bits per heavy atom. The highest BCUT2D eigenvalue weighted by Crippen LogP contribution is 2.15. The van der Waals surface area contributed by atoms with Gasteiger partial charge < -0.3 is 10.2 Å². The molecule has 0 aromatic heterocycles. The van der Waals surface area contributed by atoms with E-state index in [0.29, 0.717) is 0 Å². The number of nitrogens with one attached hydrogen (secondary N) is 1. The Bertz CT molecular complexity index is 223. The van der Waals surface area contributed by atoms with Gasteiger partial charge in [-0.2, -0.15) is 0 Å². The van der Waals surface area contributed by atoms with Crippen molar-refractivity contribution >= 4 is 6.03 Å². The van der Waals surface area contributed by atoms with E-state index in [0.717, 1.165) is 37.4 Å². The molecule has 1 aliphatic heterocycles. The summed E-state index contributed by atoms with van der Waals surface area (Å²) in [4.78, 5) is 13.5. The molecule has 1 aliphatic rings. The van der Waals surface area contributed by atoms with E-state index in [1.807, 2.05) is 18.7 Å². The maximum absolute atomic E-state index is 11.6. The topological polar surface area (TPSA) is 32.3 Å². The van der Waals surface area contributed by atoms with Gasteiger partial charge in [0, 0.05) is 19.3 Å². The monoisotopic (exact) mass is 196 g/mol. The standard InChI is InChI=1S/C11H20N2O/c1-9(2)8-12-11(14)13-6-4-10(3)5-7-13/h8,10H,4-7H2,1-3H3,(H,12,14). The van der Waals surface area contributed by atoms with Crippen LogP contribution in [0.25, 0.3) is 0 Å². The lowest BCUT2D eigenvalue weighted by Crippen LogP contribution is -2.42. The van der Waals surface area contributed by atoms with Crippen LogP contribution in [0.15, 0.2) is 11.8 Å². The van der Waals surface area contributed by atoms with Gasteiger partial charge in [0.2, 0.25) is 0 Å². The molecule has 0 aromatic rings. The maximum atomic E-state index is 11.6. The molecule has 1 N–H and O–H groups in total. The molecule has 0 aromatic carbocycles. The summed E-state index contributed by atoms with van der Waals surface area (Å²) in [5.74, 6) is 0.766. The fourth-order valence-corrected chi connectivity index (χ4v) is 1.51. The number of hydrogen-bond acceptors (Lipinski definition) is 1. The summed E-state index contributed by atoms with van der Waals surface area (Å²) in [6.45, 7) is 7.97. The lowest BCUT2D eigenvalue weighted by atomic mass is 10.00. The van der Waals surface area contributed by atoms with E-state index in [1.165, 1.54) is 0 Å². The van der Waals surface area contributed by atoms with E-state index in [4.69, 9.17) is 0 Å². The summed E-state index contributed by atoms with van der Waals surface area (Å²) in [7, 11) is 0. The fraction of sp³-hybridized carbons (Fsp3) is 0.727. The highest BCUT2D eigenvalue weighted by Gasteiger charge is 2.19. The van der Waals surface area contributed by atoms with Crippen molar-refractivity contribution in [1.29, 1.82) is 0 Å². The normalized spacial score (nSPS) is 17.8. The van der Waals surface area contributed by atoms with Crippen LogP contribution >= 0.6 is 0 Å². The number of piperidine rings is 1. The van der Waals surface area contributed by atoms with E-state index in [2.05, 4.69) is 12.2 Å². The van der Waals surface area contributed by atoms with E-state index in [1.54, 1.807) is 6.20 Å². The molecule has 80 valence electrons. The van der Waals surface area contributed by atoms with Gasteiger partial charge in [-0.3, -0.25) is 0 Å². The van der Waals surface area contributed by atoms with Crippen molar-refractivity contribution in [3.63, 3.8) is 0 Å². The van der Waals surface area contributed by atoms with Gasteiger partial charge >= 0.3 is 6.03 Å². The van der Waals surface area contributed by atoms with Gasteiger partial charge in [-0.1, -0.05) is 12.5 Å². The number of carbonyl (C=O) groups excluding carboxylic acids is 1. The molecule has 0 atom stereocenters. The van der Waals surface area contributed by atoms with Gasteiger partial charge in [0.1, 0.15) is 0 Å². The smallest absolute Gasteiger partial charge is 0.321 e. The van der Waals surface area contributed by atoms with Crippen molar-refractivity contribution in [2.75, 3.05) is 13.1 Å². The zero-order valence-electron chi connectivity index (χ0n) is 9.34. The molecular weight excluding hydrogens is 176 g/mol. The summed E-state index contributed by atoms with van der Waals surface area (Å²) < 4.78 is 0. The number of hydrogen-bond donors (Lipinski definition) is 1. The highest BCUT2D eigenvalue weighted by atomic mass is 16.2. The van der Waals surface area contributed by atoms with Gasteiger partial charge in [0.25, 0.3) is 0 Å². The number of urea groups is 1. The van der Waals surface area contributed by atoms with Gasteiger partial charge in [0.05, 0.1) is 0 Å². The van der Waals surface area contributed by atoms with Crippen LogP contribution in [0.2, 0.25) is 0 Å². The van der Waals surface area contributed by atoms with Crippen molar-refractivity contribution in [2.45, 2.75) is 33.6 Å². The Balaban J connectivity index is 2.34. The van der Waals surface area contributed by atoms with Crippen LogP contribution in [-0.4, -0.2) is 24.0 Å². The van der Waals surface area contributed by atoms with Crippen LogP contribution in [0.4, 0.5) is 4.79 Å². The van der Waals surface area contributed by atoms with Crippen LogP contribution in [-0.2, 0) is 0 Å². The number of amides is 2. The lowest BCUT2D eigenvalue weighted by Gasteiger charge is -2.29. The van der Waals surface area contributed by atoms with E-state index in [-0.39, 0.29) is 6.03 Å². The molecule has 1 saturated heterocycles. The Morgan fingerprint density at radius 3 is 2.43 bits per heavy atom. The van der Waals surface area contributed by atoms with Crippen molar-refractivity contribution in [2.24, 2.45) is 5.92 Å². The molecule has 0 aliphatic carbocycles. The van der Waals surface area contributed by atoms with Crippen molar-refractivity contribution < 1.29 is 4.79 Å². The average molecular weight is 196 g/mol. The Kier molecular flexibility index (Phi) is 3.98. The summed E-state index contributed by atoms with van der Waals surface area (Å²) in [5.41, 5.74) is 1.11. The fourth-order valence-electron chi connectivity index (χ4n) is 1.51. The van der Waals surface area contributed by atoms with Crippen LogP contribution in [0.3, 0.4) is 0 Å². The first-order valence-corrected chi connectivity index (χ1v) is 5.28. The summed E-state index contributed by atoms with van der Waals surface area (Å²) in [6.07, 6.45) is 4.02. The quantitative estimate of drug-likeness (QED) is 0.686. The molecule has 2 amide bonds. The number of carbonyl (C=O) groups is 1. The van der Waals surface area contributed by atoms with E-state index in [9.17, 15) is 4.79 Å². The van der Waals surface area contributed by atoms with Crippen molar-refractivity contribution in [3.8, 4) is 0 Å². The van der Waals surface area contributed by atoms with E-state index >= 15 is 0 Å². The predicted octanol–water partition coefficient (Wildman–Crippen LogP) is 2.35. The predicted molar refractivity (Wildman–Crippen MR) is 57.9 cm³/mol. The molecule has 0 unspecified atom stereocenters. The second-order valence-electron chi connectivity index (χ2n) is 4.34. The summed E-state index contributed by atoms with van der Waals surface area (Å²) in [5, 5.41) is 2.79. The van der Waals surface area contributed by atoms with Crippen LogP contribution in [0, 0.1) is 5.92 Å². The second kappa shape index (κ2) is 5.03. The number of rotatable bonds is 1. The van der Waals surface area contributed by atoms with Crippen LogP contribution in [0.5, 0.6) is 0 Å². The minimum absolute atomic E-state index is 0.0399. The van der Waals surface area contributed by atoms with Gasteiger partial charge in [-0.15, -0.1) is 0 Å². The molecule has 1 heterocycles. The zero-order chi connectivity index (χ0) is 10.6. The SMILES string of the molecule is CC(C)=CNC(=O)N1CCC(C)CC1. The first-order chi connectivity index (χ1) is 6.59. The average Bonchev–Trinajstić information content (AvgIpc) is 2.15. The zero-order valence-corrected chi connectivity index (χ0v) is 9.34. The Hall–Kier alpha value is -0.990. The highest BCUT2D eigenvalue weighted by molar-refractivity contribution is 5.75. The molecule has 0 saturated carbocycles. The van der Waals surface area contributed by atoms with Gasteiger partial charge in [0.15, 0.2) is 0 Å². The lowest BCUT2D eigenvalue weighted by molar-refractivity contribution is 0.177. The minimum Gasteiger partial charge on any atom is -0.325 e.